The van der Waals surface area contributed by atoms with E-state index in [2.05, 4.69) is 30.2 Å². The predicted octanol–water partition coefficient (Wildman–Crippen LogP) is 2.38. The first kappa shape index (κ1) is 20.0. The van der Waals surface area contributed by atoms with Gasteiger partial charge in [-0.05, 0) is 26.0 Å². The number of piperazine rings is 1. The maximum atomic E-state index is 12.3. The van der Waals surface area contributed by atoms with Gasteiger partial charge in [-0.1, -0.05) is 35.0 Å². The van der Waals surface area contributed by atoms with Crippen LogP contribution in [0.1, 0.15) is 22.5 Å². The number of aromatic nitrogens is 3. The van der Waals surface area contributed by atoms with Gasteiger partial charge < -0.3 is 14.7 Å². The van der Waals surface area contributed by atoms with Crippen LogP contribution < -0.4 is 10.2 Å². The summed E-state index contributed by atoms with van der Waals surface area (Å²) in [6.45, 7) is 7.33. The lowest BCUT2D eigenvalue weighted by molar-refractivity contribution is 0.0914. The molecule has 2 aromatic heterocycles. The van der Waals surface area contributed by atoms with Crippen molar-refractivity contribution in [2.45, 2.75) is 13.3 Å². The Morgan fingerprint density at radius 3 is 2.57 bits per heavy atom. The molecule has 156 valence electrons. The number of hydrogen-bond donors (Lipinski definition) is 1. The van der Waals surface area contributed by atoms with Crippen LogP contribution in [0.25, 0.3) is 11.3 Å². The highest BCUT2D eigenvalue weighted by Gasteiger charge is 2.18. The Hall–Kier alpha value is -3.26. The lowest BCUT2D eigenvalue weighted by Gasteiger charge is -2.34. The second-order valence-electron chi connectivity index (χ2n) is 7.43. The van der Waals surface area contributed by atoms with Gasteiger partial charge in [-0.15, -0.1) is 0 Å². The minimum absolute atomic E-state index is 0.230. The molecule has 8 nitrogen and oxygen atoms in total. The minimum atomic E-state index is -0.230. The molecular weight excluding hydrogens is 380 g/mol. The summed E-state index contributed by atoms with van der Waals surface area (Å²) in [5, 5.41) is 6.93. The fourth-order valence-corrected chi connectivity index (χ4v) is 3.46. The van der Waals surface area contributed by atoms with Gasteiger partial charge in [-0.2, -0.15) is 0 Å². The molecule has 0 aliphatic carbocycles. The van der Waals surface area contributed by atoms with Gasteiger partial charge in [0.25, 0.3) is 5.91 Å². The summed E-state index contributed by atoms with van der Waals surface area (Å²) in [6.07, 6.45) is 4.43. The van der Waals surface area contributed by atoms with Crippen molar-refractivity contribution in [1.29, 1.82) is 0 Å². The van der Waals surface area contributed by atoms with Gasteiger partial charge in [0.05, 0.1) is 0 Å². The molecule has 1 aliphatic heterocycles. The van der Waals surface area contributed by atoms with Crippen LogP contribution in [-0.2, 0) is 0 Å². The van der Waals surface area contributed by atoms with E-state index in [1.807, 2.05) is 37.3 Å². The first-order chi connectivity index (χ1) is 14.7. The fraction of sp³-hybridized carbons (Fsp3) is 0.364. The molecule has 0 radical (unpaired) electrons. The number of benzene rings is 1. The molecule has 1 aliphatic rings. The molecule has 0 saturated carbocycles. The zero-order valence-corrected chi connectivity index (χ0v) is 17.1. The second-order valence-corrected chi connectivity index (χ2v) is 7.43. The van der Waals surface area contributed by atoms with E-state index < -0.39 is 0 Å². The van der Waals surface area contributed by atoms with E-state index in [1.54, 1.807) is 18.5 Å². The van der Waals surface area contributed by atoms with E-state index in [4.69, 9.17) is 4.52 Å². The maximum Gasteiger partial charge on any atom is 0.289 e. The fourth-order valence-electron chi connectivity index (χ4n) is 3.46. The molecule has 1 fully saturated rings. The third-order valence-corrected chi connectivity index (χ3v) is 5.23. The molecule has 0 unspecified atom stereocenters. The van der Waals surface area contributed by atoms with E-state index in [9.17, 15) is 4.79 Å². The Morgan fingerprint density at radius 1 is 1.10 bits per heavy atom. The number of rotatable bonds is 7. The van der Waals surface area contributed by atoms with Gasteiger partial charge in [-0.25, -0.2) is 9.97 Å². The van der Waals surface area contributed by atoms with Crippen molar-refractivity contribution in [1.82, 2.24) is 25.3 Å². The normalized spacial score (nSPS) is 14.6. The zero-order chi connectivity index (χ0) is 20.8. The standard InChI is InChI=1S/C22H26N6O2/c1-17-4-6-18(7-5-17)19-16-20(30-26-19)21(29)23-10-3-11-27-12-14-28(15-13-27)22-24-8-2-9-25-22/h2,4-9,16H,3,10-15H2,1H3,(H,23,29). The van der Waals surface area contributed by atoms with Crippen molar-refractivity contribution in [2.75, 3.05) is 44.2 Å². The molecule has 30 heavy (non-hydrogen) atoms. The van der Waals surface area contributed by atoms with Gasteiger partial charge in [0.2, 0.25) is 11.7 Å². The van der Waals surface area contributed by atoms with Gasteiger partial charge in [-0.3, -0.25) is 9.69 Å². The molecule has 3 heterocycles. The molecule has 1 aromatic carbocycles. The summed E-state index contributed by atoms with van der Waals surface area (Å²) >= 11 is 0. The molecule has 0 bridgehead atoms. The maximum absolute atomic E-state index is 12.3. The third kappa shape index (κ3) is 5.01. The average molecular weight is 406 g/mol. The lowest BCUT2D eigenvalue weighted by atomic mass is 10.1. The summed E-state index contributed by atoms with van der Waals surface area (Å²) in [5.74, 6) is 0.801. The van der Waals surface area contributed by atoms with Crippen LogP contribution >= 0.6 is 0 Å². The van der Waals surface area contributed by atoms with Crippen molar-refractivity contribution >= 4 is 11.9 Å². The quantitative estimate of drug-likeness (QED) is 0.603. The van der Waals surface area contributed by atoms with Crippen LogP contribution in [0.5, 0.6) is 0 Å². The van der Waals surface area contributed by atoms with Crippen LogP contribution in [0, 0.1) is 6.92 Å². The van der Waals surface area contributed by atoms with E-state index >= 15 is 0 Å². The lowest BCUT2D eigenvalue weighted by Crippen LogP contribution is -2.47. The van der Waals surface area contributed by atoms with E-state index in [0.717, 1.165) is 50.7 Å². The number of carbonyl (C=O) groups is 1. The molecule has 3 aromatic rings. The Kier molecular flexibility index (Phi) is 6.34. The second kappa shape index (κ2) is 9.49. The molecule has 1 amide bonds. The molecule has 8 heteroatoms. The van der Waals surface area contributed by atoms with Gasteiger partial charge >= 0.3 is 0 Å². The van der Waals surface area contributed by atoms with E-state index in [0.29, 0.717) is 12.2 Å². The van der Waals surface area contributed by atoms with Crippen molar-refractivity contribution in [3.8, 4) is 11.3 Å². The zero-order valence-electron chi connectivity index (χ0n) is 17.1. The summed E-state index contributed by atoms with van der Waals surface area (Å²) in [4.78, 5) is 25.5. The van der Waals surface area contributed by atoms with Gasteiger partial charge in [0.1, 0.15) is 5.69 Å². The summed E-state index contributed by atoms with van der Waals surface area (Å²) in [7, 11) is 0. The van der Waals surface area contributed by atoms with E-state index in [-0.39, 0.29) is 11.7 Å². The molecule has 1 N–H and O–H groups in total. The van der Waals surface area contributed by atoms with Crippen molar-refractivity contribution < 1.29 is 9.32 Å². The molecular formula is C22H26N6O2. The van der Waals surface area contributed by atoms with Crippen molar-refractivity contribution in [2.24, 2.45) is 0 Å². The largest absolute Gasteiger partial charge is 0.350 e. The monoisotopic (exact) mass is 406 g/mol. The number of carbonyl (C=O) groups excluding carboxylic acids is 1. The number of nitrogens with zero attached hydrogens (tertiary/aromatic N) is 5. The number of aryl methyl sites for hydroxylation is 1. The number of hydrogen-bond acceptors (Lipinski definition) is 7. The SMILES string of the molecule is Cc1ccc(-c2cc(C(=O)NCCCN3CCN(c4ncccn4)CC3)on2)cc1. The molecule has 1 saturated heterocycles. The van der Waals surface area contributed by atoms with Gasteiger partial charge in [0, 0.05) is 56.7 Å². The topological polar surface area (TPSA) is 87.4 Å². The first-order valence-electron chi connectivity index (χ1n) is 10.3. The van der Waals surface area contributed by atoms with E-state index in [1.165, 1.54) is 5.56 Å². The Labute approximate surface area is 175 Å². The van der Waals surface area contributed by atoms with Crippen molar-refractivity contribution in [3.05, 3.63) is 60.1 Å². The summed E-state index contributed by atoms with van der Waals surface area (Å²) in [5.41, 5.74) is 2.78. The van der Waals surface area contributed by atoms with Crippen LogP contribution in [0.3, 0.4) is 0 Å². The van der Waals surface area contributed by atoms with Crippen molar-refractivity contribution in [3.63, 3.8) is 0 Å². The number of amides is 1. The first-order valence-corrected chi connectivity index (χ1v) is 10.3. The highest BCUT2D eigenvalue weighted by molar-refractivity contribution is 5.92. The van der Waals surface area contributed by atoms with Gasteiger partial charge in [0.15, 0.2) is 0 Å². The average Bonchev–Trinajstić information content (AvgIpc) is 3.28. The van der Waals surface area contributed by atoms with Crippen LogP contribution in [0.4, 0.5) is 5.95 Å². The molecule has 0 atom stereocenters. The van der Waals surface area contributed by atoms with Crippen LogP contribution in [0.15, 0.2) is 53.3 Å². The number of anilines is 1. The molecule has 4 rings (SSSR count). The Balaban J connectivity index is 1.17. The van der Waals surface area contributed by atoms with Crippen LogP contribution in [-0.4, -0.2) is 65.2 Å². The number of nitrogens with one attached hydrogen (secondary N) is 1. The highest BCUT2D eigenvalue weighted by Crippen LogP contribution is 2.19. The molecule has 0 spiro atoms. The summed E-state index contributed by atoms with van der Waals surface area (Å²) < 4.78 is 5.22. The predicted molar refractivity (Wildman–Crippen MR) is 114 cm³/mol. The smallest absolute Gasteiger partial charge is 0.289 e. The Bertz CT molecular complexity index is 949. The Morgan fingerprint density at radius 2 is 1.83 bits per heavy atom. The third-order valence-electron chi connectivity index (χ3n) is 5.23. The summed E-state index contributed by atoms with van der Waals surface area (Å²) in [6, 6.07) is 11.5. The van der Waals surface area contributed by atoms with Crippen LogP contribution in [0.2, 0.25) is 0 Å². The highest BCUT2D eigenvalue weighted by atomic mass is 16.5. The minimum Gasteiger partial charge on any atom is -0.350 e.